The van der Waals surface area contributed by atoms with E-state index in [1.54, 1.807) is 0 Å². The fourth-order valence-electron chi connectivity index (χ4n) is 2.42. The largest absolute Gasteiger partial charge is 0.497 e. The van der Waals surface area contributed by atoms with E-state index in [1.807, 2.05) is 30.3 Å². The number of tetrazole rings is 1. The molecule has 0 aliphatic heterocycles. The fourth-order valence-corrected chi connectivity index (χ4v) is 2.42. The zero-order valence-corrected chi connectivity index (χ0v) is 14.3. The first kappa shape index (κ1) is 18.0. The van der Waals surface area contributed by atoms with E-state index in [0.717, 1.165) is 11.8 Å². The Morgan fingerprint density at radius 3 is 2.67 bits per heavy atom. The lowest BCUT2D eigenvalue weighted by atomic mass is 10.2. The van der Waals surface area contributed by atoms with Crippen LogP contribution in [0.1, 0.15) is 0 Å². The van der Waals surface area contributed by atoms with Crippen LogP contribution in [0.2, 0.25) is 0 Å². The zero-order valence-electron chi connectivity index (χ0n) is 14.3. The molecule has 0 bridgehead atoms. The third-order valence-corrected chi connectivity index (χ3v) is 3.65. The minimum Gasteiger partial charge on any atom is -0.497 e. The molecular weight excluding hydrogens is 357 g/mol. The SMILES string of the molecule is COc1cc(F)c([N+](=O)[O-])c(NCCNc2nnnn2-c2ccccc2)c1. The quantitative estimate of drug-likeness (QED) is 0.350. The van der Waals surface area contributed by atoms with Crippen molar-refractivity contribution in [2.45, 2.75) is 0 Å². The van der Waals surface area contributed by atoms with Crippen molar-refractivity contribution in [2.24, 2.45) is 0 Å². The molecule has 3 rings (SSSR count). The van der Waals surface area contributed by atoms with Crippen molar-refractivity contribution in [1.29, 1.82) is 0 Å². The number of methoxy groups -OCH3 is 1. The van der Waals surface area contributed by atoms with Gasteiger partial charge in [-0.2, -0.15) is 9.07 Å². The average molecular weight is 373 g/mol. The Balaban J connectivity index is 1.66. The number of nitro groups is 1. The van der Waals surface area contributed by atoms with Gasteiger partial charge < -0.3 is 15.4 Å². The van der Waals surface area contributed by atoms with Crippen LogP contribution in [0, 0.1) is 15.9 Å². The Labute approximate surface area is 153 Å². The fraction of sp³-hybridized carbons (Fsp3) is 0.188. The zero-order chi connectivity index (χ0) is 19.2. The van der Waals surface area contributed by atoms with E-state index < -0.39 is 16.4 Å². The molecule has 0 saturated heterocycles. The Morgan fingerprint density at radius 1 is 1.22 bits per heavy atom. The molecule has 0 aliphatic carbocycles. The number of nitrogens with zero attached hydrogens (tertiary/aromatic N) is 5. The normalized spacial score (nSPS) is 10.4. The number of para-hydroxylation sites is 1. The maximum atomic E-state index is 13.9. The molecule has 0 atom stereocenters. The van der Waals surface area contributed by atoms with Crippen molar-refractivity contribution in [3.05, 3.63) is 58.4 Å². The van der Waals surface area contributed by atoms with Crippen LogP contribution in [0.25, 0.3) is 5.69 Å². The lowest BCUT2D eigenvalue weighted by Gasteiger charge is -2.11. The van der Waals surface area contributed by atoms with Gasteiger partial charge in [0.05, 0.1) is 17.7 Å². The van der Waals surface area contributed by atoms with Gasteiger partial charge in [-0.3, -0.25) is 10.1 Å². The molecule has 1 heterocycles. The highest BCUT2D eigenvalue weighted by Gasteiger charge is 2.22. The lowest BCUT2D eigenvalue weighted by Crippen LogP contribution is -2.17. The van der Waals surface area contributed by atoms with Gasteiger partial charge in [-0.05, 0) is 22.6 Å². The van der Waals surface area contributed by atoms with E-state index in [0.29, 0.717) is 12.5 Å². The Bertz CT molecular complexity index is 933. The van der Waals surface area contributed by atoms with Crippen molar-refractivity contribution in [1.82, 2.24) is 20.2 Å². The van der Waals surface area contributed by atoms with Gasteiger partial charge in [-0.25, -0.2) is 0 Å². The third-order valence-electron chi connectivity index (χ3n) is 3.65. The predicted octanol–water partition coefficient (Wildman–Crippen LogP) is 2.24. The molecule has 27 heavy (non-hydrogen) atoms. The first-order chi connectivity index (χ1) is 13.1. The van der Waals surface area contributed by atoms with Gasteiger partial charge in [-0.15, -0.1) is 0 Å². The summed E-state index contributed by atoms with van der Waals surface area (Å²) in [6.07, 6.45) is 0. The van der Waals surface area contributed by atoms with Crippen molar-refractivity contribution in [2.75, 3.05) is 30.8 Å². The smallest absolute Gasteiger partial charge is 0.327 e. The van der Waals surface area contributed by atoms with E-state index in [1.165, 1.54) is 17.9 Å². The van der Waals surface area contributed by atoms with Crippen LogP contribution in [0.4, 0.5) is 21.7 Å². The summed E-state index contributed by atoms with van der Waals surface area (Å²) < 4.78 is 20.4. The molecule has 0 amide bonds. The molecule has 3 aromatic rings. The number of rotatable bonds is 8. The summed E-state index contributed by atoms with van der Waals surface area (Å²) in [5.41, 5.74) is 0.176. The summed E-state index contributed by atoms with van der Waals surface area (Å²) in [5, 5.41) is 28.4. The number of hydrogen-bond acceptors (Lipinski definition) is 8. The number of nitro benzene ring substituents is 1. The highest BCUT2D eigenvalue weighted by molar-refractivity contribution is 5.65. The molecule has 0 aliphatic rings. The molecule has 0 fully saturated rings. The van der Waals surface area contributed by atoms with Crippen molar-refractivity contribution < 1.29 is 14.1 Å². The van der Waals surface area contributed by atoms with Gasteiger partial charge in [0.15, 0.2) is 0 Å². The summed E-state index contributed by atoms with van der Waals surface area (Å²) in [6.45, 7) is 0.596. The minimum atomic E-state index is -0.970. The second-order valence-electron chi connectivity index (χ2n) is 5.37. The van der Waals surface area contributed by atoms with E-state index >= 15 is 0 Å². The molecule has 2 aromatic carbocycles. The van der Waals surface area contributed by atoms with E-state index in [2.05, 4.69) is 26.2 Å². The number of anilines is 2. The van der Waals surface area contributed by atoms with Gasteiger partial charge in [0.25, 0.3) is 0 Å². The van der Waals surface area contributed by atoms with Gasteiger partial charge in [0.1, 0.15) is 11.4 Å². The second-order valence-corrected chi connectivity index (χ2v) is 5.37. The summed E-state index contributed by atoms with van der Waals surface area (Å²) in [4.78, 5) is 10.3. The lowest BCUT2D eigenvalue weighted by molar-refractivity contribution is -0.386. The van der Waals surface area contributed by atoms with Crippen LogP contribution in [-0.4, -0.2) is 45.3 Å². The van der Waals surface area contributed by atoms with Crippen molar-refractivity contribution in [3.8, 4) is 11.4 Å². The van der Waals surface area contributed by atoms with E-state index in [9.17, 15) is 14.5 Å². The highest BCUT2D eigenvalue weighted by atomic mass is 19.1. The highest BCUT2D eigenvalue weighted by Crippen LogP contribution is 2.32. The Morgan fingerprint density at radius 2 is 1.96 bits per heavy atom. The molecule has 10 nitrogen and oxygen atoms in total. The number of ether oxygens (including phenoxy) is 1. The predicted molar refractivity (Wildman–Crippen MR) is 95.7 cm³/mol. The molecule has 0 radical (unpaired) electrons. The van der Waals surface area contributed by atoms with Crippen LogP contribution < -0.4 is 15.4 Å². The monoisotopic (exact) mass is 373 g/mol. The number of hydrogen-bond donors (Lipinski definition) is 2. The maximum absolute atomic E-state index is 13.9. The standard InChI is InChI=1S/C16H16FN7O3/c1-27-12-9-13(17)15(24(25)26)14(10-12)18-7-8-19-16-20-21-22-23(16)11-5-3-2-4-6-11/h2-6,9-10,18H,7-8H2,1H3,(H,19,20,22). The topological polar surface area (TPSA) is 120 Å². The first-order valence-corrected chi connectivity index (χ1v) is 7.93. The molecular formula is C16H16FN7O3. The van der Waals surface area contributed by atoms with Gasteiger partial charge >= 0.3 is 5.69 Å². The maximum Gasteiger partial charge on any atom is 0.327 e. The molecule has 140 valence electrons. The molecule has 0 saturated carbocycles. The summed E-state index contributed by atoms with van der Waals surface area (Å²) in [5.74, 6) is -0.376. The Kier molecular flexibility index (Phi) is 5.40. The number of halogens is 1. The molecule has 1 aromatic heterocycles. The number of nitrogens with one attached hydrogen (secondary N) is 2. The molecule has 11 heteroatoms. The van der Waals surface area contributed by atoms with Crippen LogP contribution in [0.15, 0.2) is 42.5 Å². The molecule has 0 unspecified atom stereocenters. The average Bonchev–Trinajstić information content (AvgIpc) is 3.13. The van der Waals surface area contributed by atoms with Crippen LogP contribution >= 0.6 is 0 Å². The first-order valence-electron chi connectivity index (χ1n) is 7.93. The van der Waals surface area contributed by atoms with Gasteiger partial charge in [0.2, 0.25) is 11.8 Å². The van der Waals surface area contributed by atoms with Crippen LogP contribution in [0.3, 0.4) is 0 Å². The molecule has 2 N–H and O–H groups in total. The minimum absolute atomic E-state index is 0.0290. The van der Waals surface area contributed by atoms with Gasteiger partial charge in [0, 0.05) is 25.2 Å². The second kappa shape index (κ2) is 8.08. The van der Waals surface area contributed by atoms with Crippen LogP contribution in [-0.2, 0) is 0 Å². The van der Waals surface area contributed by atoms with Crippen molar-refractivity contribution >= 4 is 17.3 Å². The van der Waals surface area contributed by atoms with E-state index in [4.69, 9.17) is 4.74 Å². The summed E-state index contributed by atoms with van der Waals surface area (Å²) >= 11 is 0. The van der Waals surface area contributed by atoms with E-state index in [-0.39, 0.29) is 18.0 Å². The van der Waals surface area contributed by atoms with Gasteiger partial charge in [-0.1, -0.05) is 23.3 Å². The van der Waals surface area contributed by atoms with Crippen LogP contribution in [0.5, 0.6) is 5.75 Å². The number of aromatic nitrogens is 4. The Hall–Kier alpha value is -3.76. The van der Waals surface area contributed by atoms with Crippen molar-refractivity contribution in [3.63, 3.8) is 0 Å². The summed E-state index contributed by atoms with van der Waals surface area (Å²) in [7, 11) is 1.36. The summed E-state index contributed by atoms with van der Waals surface area (Å²) in [6, 6.07) is 11.6. The third kappa shape index (κ3) is 4.08. The molecule has 0 spiro atoms. The number of benzene rings is 2.